The molecule has 3 nitrogen and oxygen atoms in total. The molecule has 2 aromatic heterocycles. The smallest absolute Gasteiger partial charge is 0.174 e. The molecule has 0 fully saturated rings. The van der Waals surface area contributed by atoms with E-state index in [1.807, 2.05) is 57.5 Å². The second-order valence-corrected chi connectivity index (χ2v) is 6.18. The maximum atomic E-state index is 12.3. The van der Waals surface area contributed by atoms with Gasteiger partial charge in [-0.1, -0.05) is 11.8 Å². The second-order valence-electron chi connectivity index (χ2n) is 5.18. The predicted octanol–water partition coefficient (Wildman–Crippen LogP) is 3.63. The van der Waals surface area contributed by atoms with Crippen LogP contribution < -0.4 is 0 Å². The average Bonchev–Trinajstić information content (AvgIpc) is 2.63. The molecule has 2 aromatic rings. The molecule has 106 valence electrons. The zero-order chi connectivity index (χ0) is 14.9. The third kappa shape index (κ3) is 3.12. The van der Waals surface area contributed by atoms with Gasteiger partial charge in [0.2, 0.25) is 0 Å². The van der Waals surface area contributed by atoms with Gasteiger partial charge in [-0.2, -0.15) is 0 Å². The number of aryl methyl sites for hydroxylation is 3. The normalized spacial score (nSPS) is 10.8. The number of carbonyl (C=O) groups excluding carboxylic acids is 1. The van der Waals surface area contributed by atoms with Crippen molar-refractivity contribution in [1.82, 2.24) is 9.55 Å². The van der Waals surface area contributed by atoms with E-state index in [-0.39, 0.29) is 5.78 Å². The van der Waals surface area contributed by atoms with Crippen molar-refractivity contribution in [2.45, 2.75) is 32.7 Å². The molecule has 0 amide bonds. The molecule has 0 radical (unpaired) electrons. The average molecular weight is 288 g/mol. The summed E-state index contributed by atoms with van der Waals surface area (Å²) < 4.78 is 2.05. The van der Waals surface area contributed by atoms with Crippen molar-refractivity contribution in [3.8, 4) is 0 Å². The van der Waals surface area contributed by atoms with Gasteiger partial charge in [0.25, 0.3) is 0 Å². The van der Waals surface area contributed by atoms with Crippen molar-refractivity contribution in [2.75, 3.05) is 5.75 Å². The molecule has 0 aliphatic rings. The number of aromatic nitrogens is 2. The number of carbonyl (C=O) groups is 1. The number of hydrogen-bond donors (Lipinski definition) is 0. The van der Waals surface area contributed by atoms with Gasteiger partial charge in [-0.15, -0.1) is 0 Å². The standard InChI is InChI=1S/C16H20N2OS/c1-10-6-11(2)17-16(7-10)20-9-15(19)14-8-12(3)18(5)13(14)4/h6-8H,9H2,1-5H3. The van der Waals surface area contributed by atoms with Crippen LogP contribution in [-0.2, 0) is 7.05 Å². The summed E-state index contributed by atoms with van der Waals surface area (Å²) in [5.74, 6) is 0.595. The summed E-state index contributed by atoms with van der Waals surface area (Å²) in [5, 5.41) is 0.918. The van der Waals surface area contributed by atoms with Crippen molar-refractivity contribution in [3.63, 3.8) is 0 Å². The Morgan fingerprint density at radius 2 is 1.90 bits per heavy atom. The van der Waals surface area contributed by atoms with E-state index >= 15 is 0 Å². The molecule has 20 heavy (non-hydrogen) atoms. The minimum absolute atomic E-state index is 0.164. The number of rotatable bonds is 4. The molecular weight excluding hydrogens is 268 g/mol. The Labute approximate surface area is 124 Å². The SMILES string of the molecule is Cc1cc(C)nc(SCC(=O)c2cc(C)n(C)c2C)c1. The van der Waals surface area contributed by atoms with Gasteiger partial charge >= 0.3 is 0 Å². The summed E-state index contributed by atoms with van der Waals surface area (Å²) in [6.07, 6.45) is 0. The highest BCUT2D eigenvalue weighted by Gasteiger charge is 2.14. The van der Waals surface area contributed by atoms with Gasteiger partial charge in [0.1, 0.15) is 0 Å². The van der Waals surface area contributed by atoms with Gasteiger partial charge in [0.05, 0.1) is 10.8 Å². The van der Waals surface area contributed by atoms with Crippen molar-refractivity contribution < 1.29 is 4.79 Å². The molecule has 0 aliphatic carbocycles. The van der Waals surface area contributed by atoms with E-state index in [9.17, 15) is 4.79 Å². The lowest BCUT2D eigenvalue weighted by Gasteiger charge is -2.04. The third-order valence-electron chi connectivity index (χ3n) is 3.50. The highest BCUT2D eigenvalue weighted by atomic mass is 32.2. The van der Waals surface area contributed by atoms with Crippen LogP contribution in [0.3, 0.4) is 0 Å². The number of thioether (sulfide) groups is 1. The lowest BCUT2D eigenvalue weighted by atomic mass is 10.2. The first-order valence-electron chi connectivity index (χ1n) is 6.62. The summed E-state index contributed by atoms with van der Waals surface area (Å²) in [6.45, 7) is 8.03. The molecule has 0 aromatic carbocycles. The number of pyridine rings is 1. The second kappa shape index (κ2) is 5.83. The van der Waals surface area contributed by atoms with Crippen LogP contribution in [0.4, 0.5) is 0 Å². The molecule has 2 rings (SSSR count). The fourth-order valence-electron chi connectivity index (χ4n) is 2.23. The quantitative estimate of drug-likeness (QED) is 0.636. The largest absolute Gasteiger partial charge is 0.351 e. The Morgan fingerprint density at radius 3 is 2.45 bits per heavy atom. The maximum Gasteiger partial charge on any atom is 0.174 e. The summed E-state index contributed by atoms with van der Waals surface area (Å²) >= 11 is 1.51. The highest BCUT2D eigenvalue weighted by molar-refractivity contribution is 7.99. The lowest BCUT2D eigenvalue weighted by molar-refractivity contribution is 0.102. The van der Waals surface area contributed by atoms with Crippen molar-refractivity contribution in [1.29, 1.82) is 0 Å². The fourth-order valence-corrected chi connectivity index (χ4v) is 3.15. The summed E-state index contributed by atoms with van der Waals surface area (Å²) in [7, 11) is 1.99. The molecule has 0 bridgehead atoms. The van der Waals surface area contributed by atoms with Crippen LogP contribution in [0.25, 0.3) is 0 Å². The van der Waals surface area contributed by atoms with E-state index in [1.54, 1.807) is 0 Å². The molecule has 4 heteroatoms. The van der Waals surface area contributed by atoms with E-state index in [4.69, 9.17) is 0 Å². The van der Waals surface area contributed by atoms with Crippen LogP contribution >= 0.6 is 11.8 Å². The first kappa shape index (κ1) is 14.9. The van der Waals surface area contributed by atoms with E-state index < -0.39 is 0 Å². The Morgan fingerprint density at radius 1 is 1.20 bits per heavy atom. The van der Waals surface area contributed by atoms with Crippen LogP contribution in [0, 0.1) is 27.7 Å². The van der Waals surface area contributed by atoms with Gasteiger partial charge in [-0.05, 0) is 51.5 Å². The van der Waals surface area contributed by atoms with E-state index in [0.717, 1.165) is 27.7 Å². The highest BCUT2D eigenvalue weighted by Crippen LogP contribution is 2.21. The first-order valence-corrected chi connectivity index (χ1v) is 7.61. The summed E-state index contributed by atoms with van der Waals surface area (Å²) in [5.41, 5.74) is 5.13. The number of Topliss-reactive ketones (excluding diaryl/α,β-unsaturated/α-hetero) is 1. The monoisotopic (exact) mass is 288 g/mol. The van der Waals surface area contributed by atoms with Crippen molar-refractivity contribution >= 4 is 17.5 Å². The molecule has 0 N–H and O–H groups in total. The van der Waals surface area contributed by atoms with Crippen molar-refractivity contribution in [2.24, 2.45) is 7.05 Å². The van der Waals surface area contributed by atoms with E-state index in [2.05, 4.69) is 4.98 Å². The predicted molar refractivity (Wildman–Crippen MR) is 83.7 cm³/mol. The minimum Gasteiger partial charge on any atom is -0.351 e. The topological polar surface area (TPSA) is 34.9 Å². The third-order valence-corrected chi connectivity index (χ3v) is 4.41. The van der Waals surface area contributed by atoms with Gasteiger partial charge in [0, 0.05) is 29.7 Å². The molecule has 0 saturated heterocycles. The Balaban J connectivity index is 2.10. The fraction of sp³-hybridized carbons (Fsp3) is 0.375. The molecule has 0 saturated carbocycles. The van der Waals surface area contributed by atoms with Crippen LogP contribution in [0.5, 0.6) is 0 Å². The van der Waals surface area contributed by atoms with E-state index in [1.165, 1.54) is 17.3 Å². The lowest BCUT2D eigenvalue weighted by Crippen LogP contribution is -2.05. The number of ketones is 1. The van der Waals surface area contributed by atoms with Gasteiger partial charge < -0.3 is 4.57 Å². The van der Waals surface area contributed by atoms with Crippen LogP contribution in [0.2, 0.25) is 0 Å². The molecule has 0 spiro atoms. The van der Waals surface area contributed by atoms with Gasteiger partial charge in [0.15, 0.2) is 5.78 Å². The van der Waals surface area contributed by atoms with Crippen LogP contribution in [0.1, 0.15) is 33.0 Å². The Bertz CT molecular complexity index is 638. The van der Waals surface area contributed by atoms with Gasteiger partial charge in [-0.3, -0.25) is 4.79 Å². The molecule has 2 heterocycles. The maximum absolute atomic E-state index is 12.3. The minimum atomic E-state index is 0.164. The molecule has 0 atom stereocenters. The first-order chi connectivity index (χ1) is 9.38. The molecule has 0 unspecified atom stereocenters. The van der Waals surface area contributed by atoms with Gasteiger partial charge in [-0.25, -0.2) is 4.98 Å². The summed E-state index contributed by atoms with van der Waals surface area (Å²) in [4.78, 5) is 16.8. The Kier molecular flexibility index (Phi) is 4.33. The van der Waals surface area contributed by atoms with Crippen LogP contribution in [-0.4, -0.2) is 21.1 Å². The number of hydrogen-bond acceptors (Lipinski definition) is 3. The van der Waals surface area contributed by atoms with Crippen LogP contribution in [0.15, 0.2) is 23.2 Å². The number of nitrogens with zero attached hydrogens (tertiary/aromatic N) is 2. The Hall–Kier alpha value is -1.55. The zero-order valence-electron chi connectivity index (χ0n) is 12.7. The molecular formula is C16H20N2OS. The zero-order valence-corrected chi connectivity index (χ0v) is 13.5. The van der Waals surface area contributed by atoms with Crippen molar-refractivity contribution in [3.05, 3.63) is 46.4 Å². The molecule has 0 aliphatic heterocycles. The summed E-state index contributed by atoms with van der Waals surface area (Å²) in [6, 6.07) is 6.03. The van der Waals surface area contributed by atoms with E-state index in [0.29, 0.717) is 5.75 Å².